The molecule has 1 fully saturated rings. The lowest BCUT2D eigenvalue weighted by Gasteiger charge is -2.24. The number of likely N-dealkylation sites (tertiary alicyclic amines) is 1. The average molecular weight is 317 g/mol. The Balaban J connectivity index is 1.94. The van der Waals surface area contributed by atoms with Crippen LogP contribution in [-0.4, -0.2) is 36.3 Å². The Morgan fingerprint density at radius 3 is 2.78 bits per heavy atom. The van der Waals surface area contributed by atoms with Gasteiger partial charge in [0.25, 0.3) is 0 Å². The highest BCUT2D eigenvalue weighted by Crippen LogP contribution is 2.16. The molecule has 1 aliphatic heterocycles. The van der Waals surface area contributed by atoms with E-state index in [0.29, 0.717) is 13.0 Å². The van der Waals surface area contributed by atoms with Crippen molar-refractivity contribution in [3.8, 4) is 0 Å². The highest BCUT2D eigenvalue weighted by atomic mass is 16.2. The second-order valence-electron chi connectivity index (χ2n) is 5.97. The molecule has 5 nitrogen and oxygen atoms in total. The molecule has 0 aromatic heterocycles. The number of carbonyl (C=O) groups is 2. The Kier molecular flexibility index (Phi) is 7.07. The standard InChI is InChI=1S/C18H27N3O2/c1-2-19-13-15-9-6-7-10-16(15)20-17(22)14-21-12-8-4-3-5-11-18(21)23/h6-7,9-10,19H,2-5,8,11-14H2,1H3,(H,20,22). The molecule has 23 heavy (non-hydrogen) atoms. The van der Waals surface area contributed by atoms with Gasteiger partial charge in [0.2, 0.25) is 11.8 Å². The lowest BCUT2D eigenvalue weighted by atomic mass is 10.1. The lowest BCUT2D eigenvalue weighted by molar-refractivity contribution is -0.135. The first-order valence-corrected chi connectivity index (χ1v) is 8.57. The lowest BCUT2D eigenvalue weighted by Crippen LogP contribution is -2.39. The summed E-state index contributed by atoms with van der Waals surface area (Å²) < 4.78 is 0. The monoisotopic (exact) mass is 317 g/mol. The Morgan fingerprint density at radius 1 is 1.17 bits per heavy atom. The summed E-state index contributed by atoms with van der Waals surface area (Å²) in [6.07, 6.45) is 4.73. The molecule has 5 heteroatoms. The van der Waals surface area contributed by atoms with Crippen molar-refractivity contribution in [1.29, 1.82) is 0 Å². The van der Waals surface area contributed by atoms with E-state index in [-0.39, 0.29) is 18.4 Å². The maximum Gasteiger partial charge on any atom is 0.244 e. The molecule has 0 atom stereocenters. The fourth-order valence-corrected chi connectivity index (χ4v) is 2.80. The number of para-hydroxylation sites is 1. The third-order valence-corrected chi connectivity index (χ3v) is 4.11. The number of nitrogens with one attached hydrogen (secondary N) is 2. The molecule has 0 bridgehead atoms. The molecule has 1 aliphatic rings. The van der Waals surface area contributed by atoms with E-state index in [1.165, 1.54) is 0 Å². The summed E-state index contributed by atoms with van der Waals surface area (Å²) in [4.78, 5) is 26.1. The molecule has 1 aromatic carbocycles. The van der Waals surface area contributed by atoms with E-state index in [1.807, 2.05) is 24.3 Å². The number of benzene rings is 1. The third-order valence-electron chi connectivity index (χ3n) is 4.11. The molecule has 0 spiro atoms. The summed E-state index contributed by atoms with van der Waals surface area (Å²) in [6.45, 7) is 4.48. The van der Waals surface area contributed by atoms with Gasteiger partial charge in [-0.1, -0.05) is 38.0 Å². The molecular weight excluding hydrogens is 290 g/mol. The quantitative estimate of drug-likeness (QED) is 0.847. The molecule has 1 saturated heterocycles. The highest BCUT2D eigenvalue weighted by Gasteiger charge is 2.18. The van der Waals surface area contributed by atoms with Crippen molar-refractivity contribution in [2.75, 3.05) is 25.0 Å². The number of hydrogen-bond acceptors (Lipinski definition) is 3. The van der Waals surface area contributed by atoms with Gasteiger partial charge in [-0.15, -0.1) is 0 Å². The van der Waals surface area contributed by atoms with E-state index in [2.05, 4.69) is 17.6 Å². The molecule has 1 heterocycles. The van der Waals surface area contributed by atoms with Gasteiger partial charge >= 0.3 is 0 Å². The normalized spacial score (nSPS) is 15.9. The number of rotatable bonds is 6. The molecular formula is C18H27N3O2. The van der Waals surface area contributed by atoms with Crippen LogP contribution in [0.4, 0.5) is 5.69 Å². The van der Waals surface area contributed by atoms with Crippen molar-refractivity contribution in [2.24, 2.45) is 0 Å². The van der Waals surface area contributed by atoms with Crippen molar-refractivity contribution in [2.45, 2.75) is 45.6 Å². The van der Waals surface area contributed by atoms with Gasteiger partial charge in [0.05, 0.1) is 6.54 Å². The second-order valence-corrected chi connectivity index (χ2v) is 5.97. The third kappa shape index (κ3) is 5.67. The number of amides is 2. The summed E-state index contributed by atoms with van der Waals surface area (Å²) in [5.74, 6) is -0.0244. The zero-order valence-electron chi connectivity index (χ0n) is 13.9. The van der Waals surface area contributed by atoms with Crippen molar-refractivity contribution in [3.05, 3.63) is 29.8 Å². The van der Waals surface area contributed by atoms with Crippen LogP contribution < -0.4 is 10.6 Å². The molecule has 0 unspecified atom stereocenters. The summed E-state index contributed by atoms with van der Waals surface area (Å²) >= 11 is 0. The van der Waals surface area contributed by atoms with Crippen molar-refractivity contribution in [3.63, 3.8) is 0 Å². The maximum atomic E-state index is 12.3. The van der Waals surface area contributed by atoms with E-state index in [9.17, 15) is 9.59 Å². The van der Waals surface area contributed by atoms with E-state index < -0.39 is 0 Å². The molecule has 1 aromatic rings. The molecule has 0 radical (unpaired) electrons. The highest BCUT2D eigenvalue weighted by molar-refractivity contribution is 5.95. The van der Waals surface area contributed by atoms with Gasteiger partial charge in [-0.2, -0.15) is 0 Å². The van der Waals surface area contributed by atoms with E-state index >= 15 is 0 Å². The fourth-order valence-electron chi connectivity index (χ4n) is 2.80. The van der Waals surface area contributed by atoms with Crippen LogP contribution in [0.1, 0.15) is 44.6 Å². The van der Waals surface area contributed by atoms with Crippen molar-refractivity contribution < 1.29 is 9.59 Å². The van der Waals surface area contributed by atoms with Crippen LogP contribution in [0.2, 0.25) is 0 Å². The SMILES string of the molecule is CCNCc1ccccc1NC(=O)CN1CCCCCCC1=O. The Hall–Kier alpha value is -1.88. The first-order chi connectivity index (χ1) is 11.2. The zero-order chi connectivity index (χ0) is 16.5. The summed E-state index contributed by atoms with van der Waals surface area (Å²) in [5, 5.41) is 6.22. The van der Waals surface area contributed by atoms with Gasteiger partial charge in [0.1, 0.15) is 0 Å². The Bertz CT molecular complexity index is 531. The first-order valence-electron chi connectivity index (χ1n) is 8.57. The van der Waals surface area contributed by atoms with Crippen molar-refractivity contribution >= 4 is 17.5 Å². The number of hydrogen-bond donors (Lipinski definition) is 2. The Morgan fingerprint density at radius 2 is 1.96 bits per heavy atom. The van der Waals surface area contributed by atoms with Crippen LogP contribution in [0, 0.1) is 0 Å². The predicted molar refractivity (Wildman–Crippen MR) is 92.1 cm³/mol. The van der Waals surface area contributed by atoms with E-state index in [0.717, 1.165) is 50.0 Å². The van der Waals surface area contributed by atoms with Crippen LogP contribution in [0.15, 0.2) is 24.3 Å². The van der Waals surface area contributed by atoms with E-state index in [1.54, 1.807) is 4.90 Å². The number of nitrogens with zero attached hydrogens (tertiary/aromatic N) is 1. The smallest absolute Gasteiger partial charge is 0.244 e. The Labute approximate surface area is 138 Å². The molecule has 2 rings (SSSR count). The molecule has 0 aliphatic carbocycles. The minimum Gasteiger partial charge on any atom is -0.333 e. The largest absolute Gasteiger partial charge is 0.333 e. The molecule has 2 N–H and O–H groups in total. The summed E-state index contributed by atoms with van der Waals surface area (Å²) in [5.41, 5.74) is 1.87. The minimum atomic E-state index is -0.122. The van der Waals surface area contributed by atoms with Gasteiger partial charge in [-0.25, -0.2) is 0 Å². The van der Waals surface area contributed by atoms with Crippen LogP contribution in [0.3, 0.4) is 0 Å². The van der Waals surface area contributed by atoms with Gasteiger partial charge in [-0.05, 0) is 31.0 Å². The minimum absolute atomic E-state index is 0.0979. The van der Waals surface area contributed by atoms with Crippen LogP contribution in [0.25, 0.3) is 0 Å². The first kappa shape index (κ1) is 17.5. The topological polar surface area (TPSA) is 61.4 Å². The number of anilines is 1. The number of carbonyl (C=O) groups excluding carboxylic acids is 2. The van der Waals surface area contributed by atoms with Crippen LogP contribution >= 0.6 is 0 Å². The average Bonchev–Trinajstić information content (AvgIpc) is 2.54. The molecule has 2 amide bonds. The predicted octanol–water partition coefficient (Wildman–Crippen LogP) is 2.53. The van der Waals surface area contributed by atoms with E-state index in [4.69, 9.17) is 0 Å². The van der Waals surface area contributed by atoms with Crippen molar-refractivity contribution in [1.82, 2.24) is 10.2 Å². The zero-order valence-corrected chi connectivity index (χ0v) is 13.9. The van der Waals surface area contributed by atoms with Gasteiger partial charge in [0, 0.05) is 25.2 Å². The van der Waals surface area contributed by atoms with Crippen LogP contribution in [-0.2, 0) is 16.1 Å². The second kappa shape index (κ2) is 9.30. The molecule has 126 valence electrons. The molecule has 0 saturated carbocycles. The summed E-state index contributed by atoms with van der Waals surface area (Å²) in [7, 11) is 0. The fraction of sp³-hybridized carbons (Fsp3) is 0.556. The maximum absolute atomic E-state index is 12.3. The van der Waals surface area contributed by atoms with Crippen LogP contribution in [0.5, 0.6) is 0 Å². The summed E-state index contributed by atoms with van der Waals surface area (Å²) in [6, 6.07) is 7.77. The van der Waals surface area contributed by atoms with Gasteiger partial charge in [-0.3, -0.25) is 9.59 Å². The van der Waals surface area contributed by atoms with Gasteiger partial charge in [0.15, 0.2) is 0 Å². The van der Waals surface area contributed by atoms with Gasteiger partial charge < -0.3 is 15.5 Å².